The number of carboxylic acids is 1. The first-order valence-corrected chi connectivity index (χ1v) is 6.37. The first-order chi connectivity index (χ1) is 8.31. The van der Waals surface area contributed by atoms with Gasteiger partial charge in [-0.1, -0.05) is 13.8 Å². The van der Waals surface area contributed by atoms with Crippen LogP contribution in [0.1, 0.15) is 24.4 Å². The largest absolute Gasteiger partial charge is 0.480 e. The van der Waals surface area contributed by atoms with Crippen molar-refractivity contribution < 1.29 is 14.7 Å². The van der Waals surface area contributed by atoms with Crippen LogP contribution in [0.15, 0.2) is 0 Å². The number of hydrogen-bond acceptors (Lipinski definition) is 4. The van der Waals surface area contributed by atoms with E-state index in [1.54, 1.807) is 13.8 Å². The Hall–Kier alpha value is -1.63. The zero-order valence-corrected chi connectivity index (χ0v) is 11.6. The first-order valence-electron chi connectivity index (χ1n) is 5.55. The Balaban J connectivity index is 2.63. The van der Waals surface area contributed by atoms with Gasteiger partial charge in [0.25, 0.3) is 0 Å². The lowest BCUT2D eigenvalue weighted by Crippen LogP contribution is -2.46. The monoisotopic (exact) mass is 271 g/mol. The number of thiazole rings is 1. The van der Waals surface area contributed by atoms with Gasteiger partial charge in [-0.25, -0.2) is 14.6 Å². The lowest BCUT2D eigenvalue weighted by molar-refractivity contribution is -0.140. The number of hydrogen-bond donors (Lipinski definition) is 3. The molecule has 0 unspecified atom stereocenters. The summed E-state index contributed by atoms with van der Waals surface area (Å²) in [6.45, 7) is 7.22. The van der Waals surface area contributed by atoms with Crippen LogP contribution in [0.2, 0.25) is 0 Å². The fraction of sp³-hybridized carbons (Fsp3) is 0.545. The molecule has 0 aliphatic heterocycles. The molecule has 3 N–H and O–H groups in total. The Labute approximate surface area is 109 Å². The summed E-state index contributed by atoms with van der Waals surface area (Å²) in [6.07, 6.45) is 0. The van der Waals surface area contributed by atoms with E-state index in [0.717, 1.165) is 10.6 Å². The fourth-order valence-corrected chi connectivity index (χ4v) is 2.12. The Morgan fingerprint density at radius 2 is 1.94 bits per heavy atom. The molecule has 18 heavy (non-hydrogen) atoms. The average molecular weight is 271 g/mol. The molecule has 1 rings (SSSR count). The van der Waals surface area contributed by atoms with E-state index in [1.165, 1.54) is 11.3 Å². The maximum Gasteiger partial charge on any atom is 0.326 e. The van der Waals surface area contributed by atoms with E-state index >= 15 is 0 Å². The number of carbonyl (C=O) groups is 2. The molecule has 0 radical (unpaired) electrons. The molecule has 0 bridgehead atoms. The highest BCUT2D eigenvalue weighted by Crippen LogP contribution is 2.20. The highest BCUT2D eigenvalue weighted by atomic mass is 32.1. The van der Waals surface area contributed by atoms with Crippen molar-refractivity contribution in [3.8, 4) is 0 Å². The minimum atomic E-state index is -1.05. The summed E-state index contributed by atoms with van der Waals surface area (Å²) in [5.74, 6) is -1.24. The molecule has 1 heterocycles. The fourth-order valence-electron chi connectivity index (χ4n) is 1.31. The summed E-state index contributed by atoms with van der Waals surface area (Å²) in [4.78, 5) is 27.7. The predicted molar refractivity (Wildman–Crippen MR) is 70.0 cm³/mol. The van der Waals surface area contributed by atoms with Crippen LogP contribution in [0.5, 0.6) is 0 Å². The standard InChI is InChI=1S/C11H17N3O3S/c1-5(2)8(9(15)16)13-10(17)14-11-12-6(3)7(4)18-11/h5,8H,1-4H3,(H,15,16)(H2,12,13,14,17)/t8-/m0/s1. The van der Waals surface area contributed by atoms with Crippen LogP contribution in [0.4, 0.5) is 9.93 Å². The molecule has 6 nitrogen and oxygen atoms in total. The van der Waals surface area contributed by atoms with Gasteiger partial charge in [0.15, 0.2) is 5.13 Å². The minimum absolute atomic E-state index is 0.187. The van der Waals surface area contributed by atoms with Gasteiger partial charge in [-0.05, 0) is 19.8 Å². The lowest BCUT2D eigenvalue weighted by atomic mass is 10.1. The van der Waals surface area contributed by atoms with Crippen molar-refractivity contribution in [3.63, 3.8) is 0 Å². The molecule has 2 amide bonds. The molecule has 0 spiro atoms. The zero-order valence-electron chi connectivity index (χ0n) is 10.8. The van der Waals surface area contributed by atoms with E-state index in [4.69, 9.17) is 5.11 Å². The summed E-state index contributed by atoms with van der Waals surface area (Å²) in [6, 6.07) is -1.46. The third-order valence-electron chi connectivity index (χ3n) is 2.47. The summed E-state index contributed by atoms with van der Waals surface area (Å²) in [5.41, 5.74) is 0.856. The quantitative estimate of drug-likeness (QED) is 0.781. The number of carboxylic acid groups (broad SMARTS) is 1. The van der Waals surface area contributed by atoms with Crippen LogP contribution in [0, 0.1) is 19.8 Å². The van der Waals surface area contributed by atoms with Gasteiger partial charge < -0.3 is 10.4 Å². The Morgan fingerprint density at radius 1 is 1.33 bits per heavy atom. The summed E-state index contributed by atoms with van der Waals surface area (Å²) < 4.78 is 0. The molecule has 0 aliphatic rings. The normalized spacial score (nSPS) is 12.3. The van der Waals surface area contributed by atoms with Crippen LogP contribution in [0.3, 0.4) is 0 Å². The highest BCUT2D eigenvalue weighted by molar-refractivity contribution is 7.15. The van der Waals surface area contributed by atoms with Crippen molar-refractivity contribution in [2.75, 3.05) is 5.32 Å². The highest BCUT2D eigenvalue weighted by Gasteiger charge is 2.23. The molecule has 0 aliphatic carbocycles. The van der Waals surface area contributed by atoms with Gasteiger partial charge in [-0.2, -0.15) is 0 Å². The molecular formula is C11H17N3O3S. The zero-order chi connectivity index (χ0) is 13.9. The van der Waals surface area contributed by atoms with E-state index in [0.29, 0.717) is 5.13 Å². The number of rotatable bonds is 4. The van der Waals surface area contributed by atoms with E-state index in [-0.39, 0.29) is 5.92 Å². The third kappa shape index (κ3) is 3.69. The van der Waals surface area contributed by atoms with Crippen LogP contribution >= 0.6 is 11.3 Å². The van der Waals surface area contributed by atoms with E-state index in [1.807, 2.05) is 13.8 Å². The molecule has 1 aromatic heterocycles. The Morgan fingerprint density at radius 3 is 2.33 bits per heavy atom. The molecule has 100 valence electrons. The number of carbonyl (C=O) groups excluding carboxylic acids is 1. The lowest BCUT2D eigenvalue weighted by Gasteiger charge is -2.17. The van der Waals surface area contributed by atoms with Gasteiger partial charge in [0.2, 0.25) is 0 Å². The van der Waals surface area contributed by atoms with Gasteiger partial charge in [0.1, 0.15) is 6.04 Å². The molecule has 7 heteroatoms. The van der Waals surface area contributed by atoms with Crippen molar-refractivity contribution in [2.45, 2.75) is 33.7 Å². The van der Waals surface area contributed by atoms with Crippen molar-refractivity contribution in [1.29, 1.82) is 0 Å². The number of nitrogens with zero attached hydrogens (tertiary/aromatic N) is 1. The smallest absolute Gasteiger partial charge is 0.326 e. The number of nitrogens with one attached hydrogen (secondary N) is 2. The van der Waals surface area contributed by atoms with Crippen molar-refractivity contribution in [2.24, 2.45) is 5.92 Å². The maximum atomic E-state index is 11.6. The van der Waals surface area contributed by atoms with Crippen LogP contribution in [-0.4, -0.2) is 28.1 Å². The number of anilines is 1. The number of amides is 2. The molecule has 1 aromatic rings. The second-order valence-electron chi connectivity index (χ2n) is 4.32. The topological polar surface area (TPSA) is 91.3 Å². The molecule has 0 aromatic carbocycles. The molecule has 0 saturated heterocycles. The van der Waals surface area contributed by atoms with E-state index < -0.39 is 18.0 Å². The summed E-state index contributed by atoms with van der Waals surface area (Å²) >= 11 is 1.36. The first kappa shape index (κ1) is 14.4. The number of urea groups is 1. The number of aromatic nitrogens is 1. The predicted octanol–water partition coefficient (Wildman–Crippen LogP) is 1.99. The summed E-state index contributed by atoms with van der Waals surface area (Å²) in [5, 5.41) is 14.4. The van der Waals surface area contributed by atoms with Crippen molar-refractivity contribution in [1.82, 2.24) is 10.3 Å². The number of aliphatic carboxylic acids is 1. The third-order valence-corrected chi connectivity index (χ3v) is 3.46. The maximum absolute atomic E-state index is 11.6. The van der Waals surface area contributed by atoms with E-state index in [2.05, 4.69) is 15.6 Å². The van der Waals surface area contributed by atoms with Crippen molar-refractivity contribution >= 4 is 28.5 Å². The van der Waals surface area contributed by atoms with Crippen LogP contribution in [-0.2, 0) is 4.79 Å². The second-order valence-corrected chi connectivity index (χ2v) is 5.52. The minimum Gasteiger partial charge on any atom is -0.480 e. The van der Waals surface area contributed by atoms with Crippen molar-refractivity contribution in [3.05, 3.63) is 10.6 Å². The summed E-state index contributed by atoms with van der Waals surface area (Å²) in [7, 11) is 0. The second kappa shape index (κ2) is 5.81. The Bertz CT molecular complexity index is 437. The van der Waals surface area contributed by atoms with Gasteiger partial charge in [-0.15, -0.1) is 11.3 Å². The van der Waals surface area contributed by atoms with Gasteiger partial charge in [0.05, 0.1) is 5.69 Å². The molecular weight excluding hydrogens is 254 g/mol. The van der Waals surface area contributed by atoms with Gasteiger partial charge in [0, 0.05) is 4.88 Å². The van der Waals surface area contributed by atoms with Crippen LogP contribution in [0.25, 0.3) is 0 Å². The Kier molecular flexibility index (Phi) is 4.66. The van der Waals surface area contributed by atoms with Gasteiger partial charge >= 0.3 is 12.0 Å². The number of aryl methyl sites for hydroxylation is 2. The SMILES string of the molecule is Cc1nc(NC(=O)N[C@H](C(=O)O)C(C)C)sc1C. The van der Waals surface area contributed by atoms with Gasteiger partial charge in [-0.3, -0.25) is 5.32 Å². The molecule has 0 fully saturated rings. The molecule has 1 atom stereocenters. The molecule has 0 saturated carbocycles. The van der Waals surface area contributed by atoms with E-state index in [9.17, 15) is 9.59 Å². The average Bonchev–Trinajstić information content (AvgIpc) is 2.53. The van der Waals surface area contributed by atoms with Crippen LogP contribution < -0.4 is 10.6 Å².